The van der Waals surface area contributed by atoms with Gasteiger partial charge < -0.3 is 4.43 Å². The number of hydrogen-bond acceptors (Lipinski definition) is 1. The van der Waals surface area contributed by atoms with Crippen LogP contribution in [-0.4, -0.2) is 9.04 Å². The summed E-state index contributed by atoms with van der Waals surface area (Å²) in [5.74, 6) is 0. The molecule has 0 N–H and O–H groups in total. The minimum absolute atomic E-state index is 0.600. The van der Waals surface area contributed by atoms with Crippen molar-refractivity contribution in [2.24, 2.45) is 0 Å². The highest BCUT2D eigenvalue weighted by Crippen LogP contribution is 2.27. The number of rotatable bonds is 6. The molecule has 0 bridgehead atoms. The third-order valence-electron chi connectivity index (χ3n) is 4.90. The van der Waals surface area contributed by atoms with Gasteiger partial charge in [0, 0.05) is 0 Å². The van der Waals surface area contributed by atoms with E-state index in [4.69, 9.17) is 4.43 Å². The Morgan fingerprint density at radius 1 is 0.571 bits per heavy atom. The van der Waals surface area contributed by atoms with E-state index >= 15 is 0 Å². The summed E-state index contributed by atoms with van der Waals surface area (Å²) >= 11 is 0. The SMILES string of the molecule is Cc1ccccc1-c1ccccc1CO[Si](c1ccccc1)c1ccccc1. The van der Waals surface area contributed by atoms with E-state index in [-0.39, 0.29) is 0 Å². The molecule has 0 saturated heterocycles. The first-order valence-electron chi connectivity index (χ1n) is 9.57. The van der Waals surface area contributed by atoms with Crippen LogP contribution in [0.5, 0.6) is 0 Å². The molecule has 28 heavy (non-hydrogen) atoms. The zero-order chi connectivity index (χ0) is 19.2. The topological polar surface area (TPSA) is 9.23 Å². The van der Waals surface area contributed by atoms with Gasteiger partial charge in [0.25, 0.3) is 9.04 Å². The maximum absolute atomic E-state index is 6.60. The van der Waals surface area contributed by atoms with Gasteiger partial charge in [-0.2, -0.15) is 0 Å². The third-order valence-corrected chi connectivity index (χ3v) is 7.05. The van der Waals surface area contributed by atoms with E-state index in [0.29, 0.717) is 6.61 Å². The summed E-state index contributed by atoms with van der Waals surface area (Å²) in [4.78, 5) is 0. The molecule has 0 saturated carbocycles. The van der Waals surface area contributed by atoms with Crippen LogP contribution in [0.1, 0.15) is 11.1 Å². The molecule has 4 rings (SSSR count). The summed E-state index contributed by atoms with van der Waals surface area (Å²) in [6.07, 6.45) is 0. The lowest BCUT2D eigenvalue weighted by Gasteiger charge is -2.18. The van der Waals surface area contributed by atoms with Gasteiger partial charge in [0.1, 0.15) is 0 Å². The van der Waals surface area contributed by atoms with Gasteiger partial charge in [-0.05, 0) is 39.6 Å². The number of benzene rings is 4. The van der Waals surface area contributed by atoms with Crippen LogP contribution in [0.25, 0.3) is 11.1 Å². The maximum atomic E-state index is 6.60. The molecule has 2 heteroatoms. The second-order valence-corrected chi connectivity index (χ2v) is 8.92. The molecule has 0 unspecified atom stereocenters. The lowest BCUT2D eigenvalue weighted by Crippen LogP contribution is -2.44. The van der Waals surface area contributed by atoms with Crippen molar-refractivity contribution < 1.29 is 4.43 Å². The van der Waals surface area contributed by atoms with Crippen molar-refractivity contribution in [2.45, 2.75) is 13.5 Å². The van der Waals surface area contributed by atoms with E-state index < -0.39 is 9.04 Å². The van der Waals surface area contributed by atoms with E-state index in [1.54, 1.807) is 0 Å². The summed E-state index contributed by atoms with van der Waals surface area (Å²) in [5, 5.41) is 2.54. The van der Waals surface area contributed by atoms with E-state index in [9.17, 15) is 0 Å². The molecule has 0 aromatic heterocycles. The van der Waals surface area contributed by atoms with Crippen molar-refractivity contribution in [3.05, 3.63) is 120 Å². The summed E-state index contributed by atoms with van der Waals surface area (Å²) in [6.45, 7) is 2.76. The molecule has 0 atom stereocenters. The smallest absolute Gasteiger partial charge is 0.283 e. The van der Waals surface area contributed by atoms with Gasteiger partial charge in [-0.3, -0.25) is 0 Å². The number of aryl methyl sites for hydroxylation is 1. The molecule has 4 aromatic carbocycles. The van der Waals surface area contributed by atoms with Crippen molar-refractivity contribution >= 4 is 19.4 Å². The van der Waals surface area contributed by atoms with Gasteiger partial charge in [-0.1, -0.05) is 109 Å². The number of hydrogen-bond donors (Lipinski definition) is 0. The molecule has 0 spiro atoms. The van der Waals surface area contributed by atoms with Crippen molar-refractivity contribution in [2.75, 3.05) is 0 Å². The summed E-state index contributed by atoms with van der Waals surface area (Å²) < 4.78 is 6.60. The molecule has 4 aromatic rings. The van der Waals surface area contributed by atoms with Gasteiger partial charge in [0.2, 0.25) is 0 Å². The largest absolute Gasteiger partial charge is 0.403 e. The highest BCUT2D eigenvalue weighted by molar-refractivity contribution is 6.80. The second kappa shape index (κ2) is 8.83. The Morgan fingerprint density at radius 3 is 1.68 bits per heavy atom. The molecule has 0 aliphatic rings. The van der Waals surface area contributed by atoms with Crippen LogP contribution in [0.3, 0.4) is 0 Å². The van der Waals surface area contributed by atoms with Crippen molar-refractivity contribution in [1.82, 2.24) is 0 Å². The van der Waals surface area contributed by atoms with Crippen LogP contribution in [0.4, 0.5) is 0 Å². The molecule has 0 aliphatic heterocycles. The highest BCUT2D eigenvalue weighted by atomic mass is 28.3. The van der Waals surface area contributed by atoms with E-state index in [0.717, 1.165) is 0 Å². The molecular weight excluding hydrogens is 356 g/mol. The fraction of sp³-hybridized carbons (Fsp3) is 0.0769. The fourth-order valence-corrected chi connectivity index (χ4v) is 5.40. The Kier molecular flexibility index (Phi) is 5.81. The van der Waals surface area contributed by atoms with E-state index in [2.05, 4.69) is 116 Å². The molecule has 1 nitrogen and oxygen atoms in total. The lowest BCUT2D eigenvalue weighted by atomic mass is 9.96. The zero-order valence-corrected chi connectivity index (χ0v) is 17.0. The summed E-state index contributed by atoms with van der Waals surface area (Å²) in [7, 11) is -1.31. The Balaban J connectivity index is 1.65. The van der Waals surface area contributed by atoms with Gasteiger partial charge in [0.05, 0.1) is 6.61 Å². The van der Waals surface area contributed by atoms with E-state index in [1.807, 2.05) is 0 Å². The zero-order valence-electron chi connectivity index (χ0n) is 16.0. The van der Waals surface area contributed by atoms with Crippen molar-refractivity contribution in [1.29, 1.82) is 0 Å². The summed E-state index contributed by atoms with van der Waals surface area (Å²) in [6, 6.07) is 38.3. The Labute approximate surface area is 169 Å². The Hall–Kier alpha value is -2.94. The molecule has 0 heterocycles. The van der Waals surface area contributed by atoms with Gasteiger partial charge in [-0.25, -0.2) is 0 Å². The van der Waals surface area contributed by atoms with Crippen LogP contribution in [0.15, 0.2) is 109 Å². The molecular formula is C26H23OSi. The average Bonchev–Trinajstić information content (AvgIpc) is 2.76. The molecule has 0 fully saturated rings. The van der Waals surface area contributed by atoms with Gasteiger partial charge in [-0.15, -0.1) is 0 Å². The highest BCUT2D eigenvalue weighted by Gasteiger charge is 2.19. The first kappa shape index (κ1) is 18.4. The molecule has 0 amide bonds. The second-order valence-electron chi connectivity index (χ2n) is 6.82. The predicted octanol–water partition coefficient (Wildman–Crippen LogP) is 4.98. The standard InChI is InChI=1S/C26H23OSi/c1-21-12-8-10-18-25(21)26-19-11-9-13-22(26)20-27-28(23-14-4-2-5-15-23)24-16-6-3-7-17-24/h2-19H,20H2,1H3. The third kappa shape index (κ3) is 4.14. The molecule has 0 aliphatic carbocycles. The lowest BCUT2D eigenvalue weighted by molar-refractivity contribution is 0.322. The van der Waals surface area contributed by atoms with Crippen LogP contribution < -0.4 is 10.4 Å². The quantitative estimate of drug-likeness (QED) is 0.429. The van der Waals surface area contributed by atoms with Crippen LogP contribution in [0.2, 0.25) is 0 Å². The minimum atomic E-state index is -1.31. The Morgan fingerprint density at radius 2 is 1.07 bits per heavy atom. The first-order chi connectivity index (χ1) is 13.8. The first-order valence-corrected chi connectivity index (χ1v) is 11.0. The van der Waals surface area contributed by atoms with Crippen LogP contribution >= 0.6 is 0 Å². The van der Waals surface area contributed by atoms with Crippen LogP contribution in [-0.2, 0) is 11.0 Å². The van der Waals surface area contributed by atoms with Crippen LogP contribution in [0, 0.1) is 6.92 Å². The maximum Gasteiger partial charge on any atom is 0.283 e. The van der Waals surface area contributed by atoms with Gasteiger partial charge in [0.15, 0.2) is 0 Å². The van der Waals surface area contributed by atoms with Crippen molar-refractivity contribution in [3.8, 4) is 11.1 Å². The minimum Gasteiger partial charge on any atom is -0.403 e. The monoisotopic (exact) mass is 379 g/mol. The van der Waals surface area contributed by atoms with E-state index in [1.165, 1.54) is 32.6 Å². The van der Waals surface area contributed by atoms with Crippen molar-refractivity contribution in [3.63, 3.8) is 0 Å². The fourth-order valence-electron chi connectivity index (χ4n) is 3.45. The molecule has 137 valence electrons. The normalized spacial score (nSPS) is 10.9. The Bertz CT molecular complexity index is 989. The average molecular weight is 380 g/mol. The predicted molar refractivity (Wildman–Crippen MR) is 119 cm³/mol. The summed E-state index contributed by atoms with van der Waals surface area (Å²) in [5.41, 5.74) is 5.04. The molecule has 1 radical (unpaired) electrons. The van der Waals surface area contributed by atoms with Gasteiger partial charge >= 0.3 is 0 Å².